The fourth-order valence-electron chi connectivity index (χ4n) is 3.87. The Morgan fingerprint density at radius 2 is 1.40 bits per heavy atom. The molecule has 1 saturated heterocycles. The lowest BCUT2D eigenvalue weighted by atomic mass is 9.69. The molecular formula is C19H39N. The normalized spacial score (nSPS) is 22.1. The molecule has 1 rings (SSSR count). The van der Waals surface area contributed by atoms with Gasteiger partial charge in [0.1, 0.15) is 0 Å². The van der Waals surface area contributed by atoms with E-state index in [1.165, 1.54) is 90.1 Å². The van der Waals surface area contributed by atoms with Crippen LogP contribution in [-0.4, -0.2) is 13.1 Å². The van der Waals surface area contributed by atoms with Crippen molar-refractivity contribution in [1.82, 2.24) is 5.32 Å². The van der Waals surface area contributed by atoms with Crippen molar-refractivity contribution in [3.8, 4) is 0 Å². The Morgan fingerprint density at radius 1 is 0.850 bits per heavy atom. The molecule has 1 aliphatic rings. The Labute approximate surface area is 128 Å². The summed E-state index contributed by atoms with van der Waals surface area (Å²) in [7, 11) is 0. The maximum absolute atomic E-state index is 3.59. The van der Waals surface area contributed by atoms with Gasteiger partial charge in [0.05, 0.1) is 0 Å². The minimum atomic E-state index is 0.615. The van der Waals surface area contributed by atoms with Crippen molar-refractivity contribution in [2.24, 2.45) is 11.3 Å². The molecule has 120 valence electrons. The van der Waals surface area contributed by atoms with E-state index in [0.29, 0.717) is 5.41 Å². The van der Waals surface area contributed by atoms with Crippen molar-refractivity contribution in [2.45, 2.75) is 97.8 Å². The molecule has 0 radical (unpaired) electrons. The van der Waals surface area contributed by atoms with Crippen LogP contribution < -0.4 is 5.32 Å². The third-order valence-electron chi connectivity index (χ3n) is 5.50. The van der Waals surface area contributed by atoms with E-state index in [1.807, 2.05) is 0 Å². The van der Waals surface area contributed by atoms with E-state index in [2.05, 4.69) is 26.1 Å². The quantitative estimate of drug-likeness (QED) is 0.437. The first-order chi connectivity index (χ1) is 9.73. The van der Waals surface area contributed by atoms with Crippen LogP contribution in [0.2, 0.25) is 0 Å². The molecule has 1 fully saturated rings. The zero-order valence-electron chi connectivity index (χ0n) is 14.5. The monoisotopic (exact) mass is 281 g/mol. The summed E-state index contributed by atoms with van der Waals surface area (Å²) in [4.78, 5) is 0. The number of rotatable bonds is 12. The maximum Gasteiger partial charge on any atom is -0.00148 e. The van der Waals surface area contributed by atoms with Crippen LogP contribution in [0.25, 0.3) is 0 Å². The fourth-order valence-corrected chi connectivity index (χ4v) is 3.87. The average Bonchev–Trinajstić information content (AvgIpc) is 2.98. The molecule has 0 saturated carbocycles. The van der Waals surface area contributed by atoms with Gasteiger partial charge in [0.25, 0.3) is 0 Å². The third kappa shape index (κ3) is 6.61. The third-order valence-corrected chi connectivity index (χ3v) is 5.50. The van der Waals surface area contributed by atoms with Crippen molar-refractivity contribution in [3.05, 3.63) is 0 Å². The van der Waals surface area contributed by atoms with Gasteiger partial charge in [0, 0.05) is 0 Å². The van der Waals surface area contributed by atoms with Gasteiger partial charge >= 0.3 is 0 Å². The lowest BCUT2D eigenvalue weighted by molar-refractivity contribution is 0.155. The van der Waals surface area contributed by atoms with Crippen LogP contribution in [0.1, 0.15) is 97.8 Å². The number of nitrogens with one attached hydrogen (secondary N) is 1. The maximum atomic E-state index is 3.59. The Hall–Kier alpha value is -0.0400. The first kappa shape index (κ1) is 18.0. The lowest BCUT2D eigenvalue weighted by Gasteiger charge is -2.36. The molecule has 1 nitrogen and oxygen atoms in total. The van der Waals surface area contributed by atoms with Gasteiger partial charge in [0.2, 0.25) is 0 Å². The molecular weight excluding hydrogens is 242 g/mol. The van der Waals surface area contributed by atoms with Crippen LogP contribution in [-0.2, 0) is 0 Å². The molecule has 0 aromatic heterocycles. The van der Waals surface area contributed by atoms with Gasteiger partial charge in [-0.05, 0) is 43.7 Å². The molecule has 1 N–H and O–H groups in total. The standard InChI is InChI=1S/C19H39N/c1-4-6-8-10-12-15-19(3,14-11-9-7-5-2)18-13-16-20-17-18/h18,20H,4-17H2,1-3H3. The zero-order chi connectivity index (χ0) is 14.7. The van der Waals surface area contributed by atoms with Crippen LogP contribution in [0.5, 0.6) is 0 Å². The zero-order valence-corrected chi connectivity index (χ0v) is 14.5. The second-order valence-corrected chi connectivity index (χ2v) is 7.32. The van der Waals surface area contributed by atoms with Crippen LogP contribution in [0.15, 0.2) is 0 Å². The molecule has 1 heterocycles. The molecule has 0 aromatic rings. The second-order valence-electron chi connectivity index (χ2n) is 7.32. The fraction of sp³-hybridized carbons (Fsp3) is 1.00. The van der Waals surface area contributed by atoms with E-state index in [-0.39, 0.29) is 0 Å². The van der Waals surface area contributed by atoms with Gasteiger partial charge in [-0.1, -0.05) is 78.6 Å². The summed E-state index contributed by atoms with van der Waals surface area (Å²) in [5, 5.41) is 3.59. The largest absolute Gasteiger partial charge is 0.316 e. The van der Waals surface area contributed by atoms with Crippen molar-refractivity contribution < 1.29 is 0 Å². The molecule has 1 heteroatoms. The van der Waals surface area contributed by atoms with E-state index in [1.54, 1.807) is 0 Å². The molecule has 0 amide bonds. The van der Waals surface area contributed by atoms with E-state index in [9.17, 15) is 0 Å². The van der Waals surface area contributed by atoms with Crippen LogP contribution >= 0.6 is 0 Å². The van der Waals surface area contributed by atoms with E-state index >= 15 is 0 Å². The SMILES string of the molecule is CCCCCCCC(C)(CCCCCC)C1CCNC1. The summed E-state index contributed by atoms with van der Waals surface area (Å²) in [6.07, 6.45) is 17.2. The van der Waals surface area contributed by atoms with Crippen LogP contribution in [0.3, 0.4) is 0 Å². The number of hydrogen-bond acceptors (Lipinski definition) is 1. The van der Waals surface area contributed by atoms with E-state index in [0.717, 1.165) is 5.92 Å². The highest BCUT2D eigenvalue weighted by Gasteiger charge is 2.34. The Morgan fingerprint density at radius 3 is 1.90 bits per heavy atom. The first-order valence-corrected chi connectivity index (χ1v) is 9.43. The van der Waals surface area contributed by atoms with Gasteiger partial charge < -0.3 is 5.32 Å². The number of hydrogen-bond donors (Lipinski definition) is 1. The molecule has 2 unspecified atom stereocenters. The van der Waals surface area contributed by atoms with Crippen LogP contribution in [0.4, 0.5) is 0 Å². The Bertz CT molecular complexity index is 220. The highest BCUT2D eigenvalue weighted by atomic mass is 14.9. The van der Waals surface area contributed by atoms with Crippen LogP contribution in [0, 0.1) is 11.3 Å². The average molecular weight is 282 g/mol. The summed E-state index contributed by atoms with van der Waals surface area (Å²) in [5.41, 5.74) is 0.615. The molecule has 0 spiro atoms. The lowest BCUT2D eigenvalue weighted by Crippen LogP contribution is -2.29. The van der Waals surface area contributed by atoms with Crippen molar-refractivity contribution in [3.63, 3.8) is 0 Å². The summed E-state index contributed by atoms with van der Waals surface area (Å²) in [6.45, 7) is 9.75. The van der Waals surface area contributed by atoms with Gasteiger partial charge in [-0.25, -0.2) is 0 Å². The smallest absolute Gasteiger partial charge is 0.00148 e. The molecule has 0 aliphatic carbocycles. The second kappa shape index (κ2) is 10.7. The van der Waals surface area contributed by atoms with E-state index in [4.69, 9.17) is 0 Å². The predicted octanol–water partition coefficient (Wildman–Crippen LogP) is 5.93. The summed E-state index contributed by atoms with van der Waals surface area (Å²) in [6, 6.07) is 0. The summed E-state index contributed by atoms with van der Waals surface area (Å²) in [5.74, 6) is 0.940. The molecule has 1 aliphatic heterocycles. The van der Waals surface area contributed by atoms with Gasteiger partial charge in [0.15, 0.2) is 0 Å². The summed E-state index contributed by atoms with van der Waals surface area (Å²) >= 11 is 0. The van der Waals surface area contributed by atoms with Gasteiger partial charge in [-0.2, -0.15) is 0 Å². The highest BCUT2D eigenvalue weighted by molar-refractivity contribution is 4.87. The molecule has 20 heavy (non-hydrogen) atoms. The predicted molar refractivity (Wildman–Crippen MR) is 91.2 cm³/mol. The molecule has 2 atom stereocenters. The summed E-state index contributed by atoms with van der Waals surface area (Å²) < 4.78 is 0. The minimum absolute atomic E-state index is 0.615. The van der Waals surface area contributed by atoms with Crippen molar-refractivity contribution >= 4 is 0 Å². The van der Waals surface area contributed by atoms with Gasteiger partial charge in [-0.3, -0.25) is 0 Å². The van der Waals surface area contributed by atoms with Gasteiger partial charge in [-0.15, -0.1) is 0 Å². The highest BCUT2D eigenvalue weighted by Crippen LogP contribution is 2.41. The Kier molecular flexibility index (Phi) is 9.59. The molecule has 0 aromatic carbocycles. The van der Waals surface area contributed by atoms with Crippen molar-refractivity contribution in [1.29, 1.82) is 0 Å². The van der Waals surface area contributed by atoms with E-state index < -0.39 is 0 Å². The first-order valence-electron chi connectivity index (χ1n) is 9.43. The molecule has 0 bridgehead atoms. The Balaban J connectivity index is 2.33. The minimum Gasteiger partial charge on any atom is -0.316 e. The topological polar surface area (TPSA) is 12.0 Å². The van der Waals surface area contributed by atoms with Crippen molar-refractivity contribution in [2.75, 3.05) is 13.1 Å². The number of unbranched alkanes of at least 4 members (excludes halogenated alkanes) is 7.